The van der Waals surface area contributed by atoms with E-state index >= 15 is 0 Å². The highest BCUT2D eigenvalue weighted by atomic mass is 16.5. The van der Waals surface area contributed by atoms with E-state index in [9.17, 15) is 9.59 Å². The third kappa shape index (κ3) is 4.71. The van der Waals surface area contributed by atoms with Gasteiger partial charge in [0.25, 0.3) is 5.91 Å². The van der Waals surface area contributed by atoms with Gasteiger partial charge in [0.15, 0.2) is 0 Å². The Balaban J connectivity index is 1.58. The molecule has 34 heavy (non-hydrogen) atoms. The average molecular weight is 460 g/mol. The number of benzene rings is 1. The summed E-state index contributed by atoms with van der Waals surface area (Å²) in [6, 6.07) is 14.8. The van der Waals surface area contributed by atoms with E-state index in [4.69, 9.17) is 4.74 Å². The number of nitrogens with zero attached hydrogens (tertiary/aromatic N) is 3. The Kier molecular flexibility index (Phi) is 7.06. The van der Waals surface area contributed by atoms with Gasteiger partial charge in [0, 0.05) is 50.8 Å². The zero-order chi connectivity index (χ0) is 24.0. The lowest BCUT2D eigenvalue weighted by Gasteiger charge is -2.41. The van der Waals surface area contributed by atoms with E-state index in [1.54, 1.807) is 55.8 Å². The lowest BCUT2D eigenvalue weighted by Crippen LogP contribution is -2.56. The zero-order valence-corrected chi connectivity index (χ0v) is 19.5. The normalized spacial score (nSPS) is 17.6. The van der Waals surface area contributed by atoms with Gasteiger partial charge in [-0.1, -0.05) is 6.07 Å². The number of pyridine rings is 2. The number of rotatable bonds is 7. The first-order valence-corrected chi connectivity index (χ1v) is 11.3. The lowest BCUT2D eigenvalue weighted by atomic mass is 9.75. The molecule has 1 aliphatic heterocycles. The summed E-state index contributed by atoms with van der Waals surface area (Å²) in [5.41, 5.74) is 2.13. The van der Waals surface area contributed by atoms with Crippen molar-refractivity contribution >= 4 is 17.5 Å². The SMILES string of the molecule is CNC(=O)[C@]1(c2ccccn2)CCCN(C(=O)c2ccc(OC)c(NCc3ccncc3)c2)C1. The molecule has 0 bridgehead atoms. The summed E-state index contributed by atoms with van der Waals surface area (Å²) in [7, 11) is 3.22. The topological polar surface area (TPSA) is 96.5 Å². The van der Waals surface area contributed by atoms with E-state index in [0.29, 0.717) is 42.9 Å². The van der Waals surface area contributed by atoms with Crippen molar-refractivity contribution in [3.63, 3.8) is 0 Å². The predicted molar refractivity (Wildman–Crippen MR) is 130 cm³/mol. The average Bonchev–Trinajstić information content (AvgIpc) is 2.91. The van der Waals surface area contributed by atoms with Gasteiger partial charge in [-0.2, -0.15) is 0 Å². The van der Waals surface area contributed by atoms with Crippen molar-refractivity contribution in [2.24, 2.45) is 0 Å². The number of methoxy groups -OCH3 is 1. The maximum Gasteiger partial charge on any atom is 0.253 e. The van der Waals surface area contributed by atoms with Crippen molar-refractivity contribution in [2.45, 2.75) is 24.8 Å². The molecule has 2 N–H and O–H groups in total. The molecule has 2 amide bonds. The van der Waals surface area contributed by atoms with Gasteiger partial charge in [0.05, 0.1) is 18.5 Å². The number of hydrogen-bond acceptors (Lipinski definition) is 6. The highest BCUT2D eigenvalue weighted by Gasteiger charge is 2.45. The van der Waals surface area contributed by atoms with Crippen molar-refractivity contribution in [3.8, 4) is 5.75 Å². The van der Waals surface area contributed by atoms with E-state index in [1.165, 1.54) is 0 Å². The van der Waals surface area contributed by atoms with Gasteiger partial charge in [0.2, 0.25) is 5.91 Å². The Morgan fingerprint density at radius 3 is 2.65 bits per heavy atom. The van der Waals surface area contributed by atoms with Gasteiger partial charge >= 0.3 is 0 Å². The molecule has 0 spiro atoms. The number of carbonyl (C=O) groups excluding carboxylic acids is 2. The largest absolute Gasteiger partial charge is 0.495 e. The van der Waals surface area contributed by atoms with Crippen LogP contribution in [-0.4, -0.2) is 53.9 Å². The van der Waals surface area contributed by atoms with Crippen molar-refractivity contribution in [1.82, 2.24) is 20.2 Å². The lowest BCUT2D eigenvalue weighted by molar-refractivity contribution is -0.128. The van der Waals surface area contributed by atoms with Crippen LogP contribution in [0.25, 0.3) is 0 Å². The third-order valence-corrected chi connectivity index (χ3v) is 6.28. The van der Waals surface area contributed by atoms with Crippen molar-refractivity contribution in [1.29, 1.82) is 0 Å². The number of nitrogens with one attached hydrogen (secondary N) is 2. The Labute approximate surface area is 199 Å². The van der Waals surface area contributed by atoms with Gasteiger partial charge in [0.1, 0.15) is 11.2 Å². The Hall–Kier alpha value is -3.94. The number of likely N-dealkylation sites (tertiary alicyclic amines) is 1. The summed E-state index contributed by atoms with van der Waals surface area (Å²) in [5.74, 6) is 0.397. The monoisotopic (exact) mass is 459 g/mol. The maximum atomic E-state index is 13.6. The number of anilines is 1. The van der Waals surface area contributed by atoms with E-state index < -0.39 is 5.41 Å². The second kappa shape index (κ2) is 10.3. The standard InChI is InChI=1S/C26H29N5O3/c1-27-25(33)26(23-6-3-4-12-29-23)11-5-15-31(18-26)24(32)20-7-8-22(34-2)21(16-20)30-17-19-9-13-28-14-10-19/h3-4,6-10,12-14,16,30H,5,11,15,17-18H2,1-2H3,(H,27,33)/t26-/m1/s1. The quantitative estimate of drug-likeness (QED) is 0.564. The van der Waals surface area contributed by atoms with E-state index in [1.807, 2.05) is 30.3 Å². The smallest absolute Gasteiger partial charge is 0.253 e. The predicted octanol–water partition coefficient (Wildman–Crippen LogP) is 3.02. The van der Waals surface area contributed by atoms with Crippen LogP contribution in [0, 0.1) is 0 Å². The molecule has 3 heterocycles. The Morgan fingerprint density at radius 2 is 1.94 bits per heavy atom. The molecule has 1 atom stereocenters. The number of carbonyl (C=O) groups is 2. The van der Waals surface area contributed by atoms with Crippen LogP contribution in [0.3, 0.4) is 0 Å². The van der Waals surface area contributed by atoms with Gasteiger partial charge in [-0.15, -0.1) is 0 Å². The summed E-state index contributed by atoms with van der Waals surface area (Å²) in [5, 5.41) is 6.13. The molecule has 2 aromatic heterocycles. The van der Waals surface area contributed by atoms with Crippen LogP contribution >= 0.6 is 0 Å². The third-order valence-electron chi connectivity index (χ3n) is 6.28. The Bertz CT molecular complexity index is 1140. The molecule has 0 radical (unpaired) electrons. The first-order valence-electron chi connectivity index (χ1n) is 11.3. The van der Waals surface area contributed by atoms with Crippen LogP contribution < -0.4 is 15.4 Å². The number of amides is 2. The molecule has 0 aliphatic carbocycles. The highest BCUT2D eigenvalue weighted by molar-refractivity contribution is 5.97. The summed E-state index contributed by atoms with van der Waals surface area (Å²) >= 11 is 0. The van der Waals surface area contributed by atoms with Crippen LogP contribution in [0.1, 0.15) is 34.5 Å². The molecule has 3 aromatic rings. The first kappa shape index (κ1) is 23.2. The summed E-state index contributed by atoms with van der Waals surface area (Å²) < 4.78 is 5.49. The fourth-order valence-corrected chi connectivity index (χ4v) is 4.48. The minimum atomic E-state index is -0.876. The number of likely N-dealkylation sites (N-methyl/N-ethyl adjacent to an activating group) is 1. The highest BCUT2D eigenvalue weighted by Crippen LogP contribution is 2.35. The van der Waals surface area contributed by atoms with E-state index in [2.05, 4.69) is 20.6 Å². The molecule has 1 aliphatic rings. The van der Waals surface area contributed by atoms with Crippen LogP contribution in [0.15, 0.2) is 67.1 Å². The number of piperidine rings is 1. The molecule has 1 fully saturated rings. The van der Waals surface area contributed by atoms with Crippen LogP contribution in [0.4, 0.5) is 5.69 Å². The summed E-state index contributed by atoms with van der Waals surface area (Å²) in [6.07, 6.45) is 6.51. The number of aromatic nitrogens is 2. The van der Waals surface area contributed by atoms with Crippen LogP contribution in [0.5, 0.6) is 5.75 Å². The van der Waals surface area contributed by atoms with Crippen molar-refractivity contribution < 1.29 is 14.3 Å². The van der Waals surface area contributed by atoms with E-state index in [-0.39, 0.29) is 18.4 Å². The molecule has 176 valence electrons. The second-order valence-electron chi connectivity index (χ2n) is 8.33. The van der Waals surface area contributed by atoms with Crippen LogP contribution in [0.2, 0.25) is 0 Å². The fraction of sp³-hybridized carbons (Fsp3) is 0.308. The molecule has 1 aromatic carbocycles. The molecule has 8 nitrogen and oxygen atoms in total. The van der Waals surface area contributed by atoms with Gasteiger partial charge < -0.3 is 20.3 Å². The second-order valence-corrected chi connectivity index (χ2v) is 8.33. The van der Waals surface area contributed by atoms with Gasteiger partial charge in [-0.25, -0.2) is 0 Å². The molecule has 1 saturated heterocycles. The zero-order valence-electron chi connectivity index (χ0n) is 19.5. The summed E-state index contributed by atoms with van der Waals surface area (Å²) in [6.45, 7) is 1.42. The first-order chi connectivity index (χ1) is 16.6. The van der Waals surface area contributed by atoms with Gasteiger partial charge in [-0.3, -0.25) is 19.6 Å². The minimum Gasteiger partial charge on any atom is -0.495 e. The van der Waals surface area contributed by atoms with E-state index in [0.717, 1.165) is 11.3 Å². The molecular formula is C26H29N5O3. The molecule has 8 heteroatoms. The maximum absolute atomic E-state index is 13.6. The molecular weight excluding hydrogens is 430 g/mol. The fourth-order valence-electron chi connectivity index (χ4n) is 4.48. The van der Waals surface area contributed by atoms with Crippen LogP contribution in [-0.2, 0) is 16.8 Å². The van der Waals surface area contributed by atoms with Gasteiger partial charge in [-0.05, 0) is 60.9 Å². The number of ether oxygens (including phenoxy) is 1. The molecule has 4 rings (SSSR count). The Morgan fingerprint density at radius 1 is 1.12 bits per heavy atom. The minimum absolute atomic E-state index is 0.126. The van der Waals surface area contributed by atoms with Crippen molar-refractivity contribution in [3.05, 3.63) is 83.9 Å². The molecule has 0 saturated carbocycles. The van der Waals surface area contributed by atoms with Crippen molar-refractivity contribution in [2.75, 3.05) is 32.6 Å². The summed E-state index contributed by atoms with van der Waals surface area (Å²) in [4.78, 5) is 36.8. The molecule has 0 unspecified atom stereocenters. The number of hydrogen-bond donors (Lipinski definition) is 2.